The minimum absolute atomic E-state index is 0.0632. The number of nitrogens with one attached hydrogen (secondary N) is 3. The van der Waals surface area contributed by atoms with Gasteiger partial charge in [-0.15, -0.1) is 11.3 Å². The third-order valence-electron chi connectivity index (χ3n) is 4.29. The maximum Gasteiger partial charge on any atom is 0.324 e. The van der Waals surface area contributed by atoms with Gasteiger partial charge in [0.25, 0.3) is 5.91 Å². The summed E-state index contributed by atoms with van der Waals surface area (Å²) in [6, 6.07) is 11.8. The SMILES string of the molecule is CC(C)C(C)(CC(=O)O)NC(=O)c1ccc(NC(=O)Nc2ccccc2)s1. The second kappa shape index (κ2) is 8.68. The summed E-state index contributed by atoms with van der Waals surface area (Å²) in [7, 11) is 0. The molecule has 0 saturated carbocycles. The maximum atomic E-state index is 12.5. The highest BCUT2D eigenvalue weighted by molar-refractivity contribution is 7.18. The summed E-state index contributed by atoms with van der Waals surface area (Å²) in [6.45, 7) is 5.43. The lowest BCUT2D eigenvalue weighted by atomic mass is 9.85. The molecule has 1 unspecified atom stereocenters. The van der Waals surface area contributed by atoms with Crippen molar-refractivity contribution in [3.8, 4) is 0 Å². The van der Waals surface area contributed by atoms with Crippen LogP contribution < -0.4 is 16.0 Å². The van der Waals surface area contributed by atoms with E-state index in [1.54, 1.807) is 31.2 Å². The Hall–Kier alpha value is -2.87. The summed E-state index contributed by atoms with van der Waals surface area (Å²) in [5.41, 5.74) is -0.212. The first kappa shape index (κ1) is 20.4. The first-order valence-corrected chi connectivity index (χ1v) is 9.28. The van der Waals surface area contributed by atoms with Gasteiger partial charge in [-0.2, -0.15) is 0 Å². The fourth-order valence-corrected chi connectivity index (χ4v) is 3.15. The molecule has 4 N–H and O–H groups in total. The molecule has 0 aliphatic rings. The van der Waals surface area contributed by atoms with Gasteiger partial charge in [-0.3, -0.25) is 14.9 Å². The Morgan fingerprint density at radius 3 is 2.33 bits per heavy atom. The van der Waals surface area contributed by atoms with Crippen LogP contribution in [0.4, 0.5) is 15.5 Å². The van der Waals surface area contributed by atoms with Crippen molar-refractivity contribution in [2.24, 2.45) is 5.92 Å². The van der Waals surface area contributed by atoms with Gasteiger partial charge in [-0.25, -0.2) is 4.79 Å². The van der Waals surface area contributed by atoms with Crippen molar-refractivity contribution < 1.29 is 19.5 Å². The number of aliphatic carboxylic acids is 1. The van der Waals surface area contributed by atoms with Crippen LogP contribution in [-0.2, 0) is 4.79 Å². The maximum absolute atomic E-state index is 12.5. The molecule has 144 valence electrons. The average molecular weight is 389 g/mol. The molecule has 8 heteroatoms. The first-order chi connectivity index (χ1) is 12.7. The largest absolute Gasteiger partial charge is 0.481 e. The lowest BCUT2D eigenvalue weighted by Gasteiger charge is -2.33. The summed E-state index contributed by atoms with van der Waals surface area (Å²) in [5, 5.41) is 17.8. The normalized spacial score (nSPS) is 12.9. The van der Waals surface area contributed by atoms with Crippen molar-refractivity contribution in [1.82, 2.24) is 5.32 Å². The van der Waals surface area contributed by atoms with Gasteiger partial charge in [-0.05, 0) is 37.1 Å². The molecular weight excluding hydrogens is 366 g/mol. The highest BCUT2D eigenvalue weighted by Gasteiger charge is 2.33. The Labute approximate surface area is 161 Å². The van der Waals surface area contributed by atoms with Crippen molar-refractivity contribution in [2.45, 2.75) is 32.7 Å². The van der Waals surface area contributed by atoms with Crippen LogP contribution in [0, 0.1) is 5.92 Å². The van der Waals surface area contributed by atoms with Crippen LogP contribution in [0.2, 0.25) is 0 Å². The third kappa shape index (κ3) is 5.82. The molecular formula is C19H23N3O4S. The third-order valence-corrected chi connectivity index (χ3v) is 5.29. The van der Waals surface area contributed by atoms with Crippen LogP contribution in [0.1, 0.15) is 36.9 Å². The standard InChI is InChI=1S/C19H23N3O4S/c1-12(2)19(3,11-16(23)24)22-17(25)14-9-10-15(27-14)21-18(26)20-13-7-5-4-6-8-13/h4-10,12H,11H2,1-3H3,(H,22,25)(H,23,24)(H2,20,21,26). The van der Waals surface area contributed by atoms with Crippen LogP contribution in [-0.4, -0.2) is 28.6 Å². The van der Waals surface area contributed by atoms with Gasteiger partial charge >= 0.3 is 12.0 Å². The summed E-state index contributed by atoms with van der Waals surface area (Å²) in [5.74, 6) is -1.40. The zero-order chi connectivity index (χ0) is 20.0. The summed E-state index contributed by atoms with van der Waals surface area (Å²) in [4.78, 5) is 36.0. The lowest BCUT2D eigenvalue weighted by molar-refractivity contribution is -0.138. The van der Waals surface area contributed by atoms with E-state index in [0.29, 0.717) is 15.6 Å². The predicted molar refractivity (Wildman–Crippen MR) is 106 cm³/mol. The van der Waals surface area contributed by atoms with E-state index >= 15 is 0 Å². The number of para-hydroxylation sites is 1. The second-order valence-electron chi connectivity index (χ2n) is 6.71. The number of rotatable bonds is 7. The molecule has 0 radical (unpaired) electrons. The number of amides is 3. The van der Waals surface area contributed by atoms with Gasteiger partial charge in [0, 0.05) is 5.69 Å². The molecule has 27 heavy (non-hydrogen) atoms. The van der Waals surface area contributed by atoms with Crippen molar-refractivity contribution in [1.29, 1.82) is 0 Å². The molecule has 0 fully saturated rings. The van der Waals surface area contributed by atoms with Gasteiger partial charge < -0.3 is 15.7 Å². The Morgan fingerprint density at radius 2 is 1.74 bits per heavy atom. The number of benzene rings is 1. The molecule has 1 aromatic heterocycles. The topological polar surface area (TPSA) is 108 Å². The van der Waals surface area contributed by atoms with Gasteiger partial charge in [-0.1, -0.05) is 32.0 Å². The molecule has 0 saturated heterocycles. The number of hydrogen-bond acceptors (Lipinski definition) is 4. The van der Waals surface area contributed by atoms with Crippen molar-refractivity contribution in [3.63, 3.8) is 0 Å². The van der Waals surface area contributed by atoms with E-state index in [0.717, 1.165) is 11.3 Å². The molecule has 0 spiro atoms. The van der Waals surface area contributed by atoms with E-state index in [9.17, 15) is 14.4 Å². The molecule has 7 nitrogen and oxygen atoms in total. The zero-order valence-electron chi connectivity index (χ0n) is 15.4. The number of hydrogen-bond donors (Lipinski definition) is 4. The predicted octanol–water partition coefficient (Wildman–Crippen LogP) is 4.01. The number of carboxylic acids is 1. The smallest absolute Gasteiger partial charge is 0.324 e. The molecule has 0 aliphatic heterocycles. The Morgan fingerprint density at radius 1 is 1.07 bits per heavy atom. The first-order valence-electron chi connectivity index (χ1n) is 8.47. The molecule has 1 atom stereocenters. The van der Waals surface area contributed by atoms with Crippen molar-refractivity contribution in [2.75, 3.05) is 10.6 Å². The molecule has 1 heterocycles. The number of carbonyl (C=O) groups is 3. The summed E-state index contributed by atoms with van der Waals surface area (Å²) >= 11 is 1.12. The number of urea groups is 1. The summed E-state index contributed by atoms with van der Waals surface area (Å²) < 4.78 is 0. The van der Waals surface area contributed by atoms with Crippen LogP contribution in [0.3, 0.4) is 0 Å². The van der Waals surface area contributed by atoms with E-state index in [4.69, 9.17) is 5.11 Å². The molecule has 0 bridgehead atoms. The van der Waals surface area contributed by atoms with Gasteiger partial charge in [0.1, 0.15) is 0 Å². The minimum atomic E-state index is -0.974. The quantitative estimate of drug-likeness (QED) is 0.574. The van der Waals surface area contributed by atoms with Crippen LogP contribution in [0.25, 0.3) is 0 Å². The summed E-state index contributed by atoms with van der Waals surface area (Å²) in [6.07, 6.45) is -0.174. The number of anilines is 2. The highest BCUT2D eigenvalue weighted by atomic mass is 32.1. The van der Waals surface area contributed by atoms with Crippen LogP contribution in [0.5, 0.6) is 0 Å². The van der Waals surface area contributed by atoms with Crippen LogP contribution in [0.15, 0.2) is 42.5 Å². The minimum Gasteiger partial charge on any atom is -0.481 e. The van der Waals surface area contributed by atoms with E-state index < -0.39 is 17.5 Å². The molecule has 2 rings (SSSR count). The van der Waals surface area contributed by atoms with Crippen molar-refractivity contribution >= 4 is 39.9 Å². The number of thiophene rings is 1. The molecule has 0 aliphatic carbocycles. The number of carbonyl (C=O) groups excluding carboxylic acids is 2. The Balaban J connectivity index is 2.00. The van der Waals surface area contributed by atoms with Crippen LogP contribution >= 0.6 is 11.3 Å². The van der Waals surface area contributed by atoms with Crippen molar-refractivity contribution in [3.05, 3.63) is 47.3 Å². The fraction of sp³-hybridized carbons (Fsp3) is 0.316. The zero-order valence-corrected chi connectivity index (χ0v) is 16.2. The lowest BCUT2D eigenvalue weighted by Crippen LogP contribution is -2.51. The van der Waals surface area contributed by atoms with E-state index in [1.807, 2.05) is 32.0 Å². The highest BCUT2D eigenvalue weighted by Crippen LogP contribution is 2.25. The average Bonchev–Trinajstić information content (AvgIpc) is 3.03. The van der Waals surface area contributed by atoms with Gasteiger partial charge in [0.05, 0.1) is 21.8 Å². The second-order valence-corrected chi connectivity index (χ2v) is 7.79. The number of carboxylic acid groups (broad SMARTS) is 1. The van der Waals surface area contributed by atoms with E-state index in [-0.39, 0.29) is 18.2 Å². The fourth-order valence-electron chi connectivity index (χ4n) is 2.35. The molecule has 2 aromatic rings. The monoisotopic (exact) mass is 389 g/mol. The molecule has 1 aromatic carbocycles. The van der Waals surface area contributed by atoms with E-state index in [1.165, 1.54) is 0 Å². The Bertz CT molecular complexity index is 819. The Kier molecular flexibility index (Phi) is 6.57. The van der Waals surface area contributed by atoms with Gasteiger partial charge in [0.2, 0.25) is 0 Å². The van der Waals surface area contributed by atoms with E-state index in [2.05, 4.69) is 16.0 Å². The van der Waals surface area contributed by atoms with Gasteiger partial charge in [0.15, 0.2) is 0 Å². The molecule has 3 amide bonds.